The summed E-state index contributed by atoms with van der Waals surface area (Å²) in [4.78, 5) is 42.5. The first-order valence-electron chi connectivity index (χ1n) is 14.8. The first-order chi connectivity index (χ1) is 21.5. The molecule has 2 aliphatic rings. The third-order valence-electron chi connectivity index (χ3n) is 8.62. The molecule has 1 aliphatic heterocycles. The summed E-state index contributed by atoms with van der Waals surface area (Å²) in [6.07, 6.45) is -8.64. The number of ether oxygens (including phenoxy) is 1. The minimum absolute atomic E-state index is 0.0169. The summed E-state index contributed by atoms with van der Waals surface area (Å²) in [6, 6.07) is 4.62. The molecular formula is C31H35F7N4O4. The van der Waals surface area contributed by atoms with E-state index in [0.717, 1.165) is 7.05 Å². The van der Waals surface area contributed by atoms with Gasteiger partial charge in [0.1, 0.15) is 5.82 Å². The number of alkyl carbamates (subject to hydrolysis) is 1. The molecule has 1 saturated heterocycles. The lowest BCUT2D eigenvalue weighted by Crippen LogP contribution is -2.48. The van der Waals surface area contributed by atoms with Crippen molar-refractivity contribution in [3.8, 4) is 0 Å². The predicted molar refractivity (Wildman–Crippen MR) is 153 cm³/mol. The molecule has 1 heterocycles. The Hall–Kier alpha value is -4.04. The van der Waals surface area contributed by atoms with Gasteiger partial charge in [-0.25, -0.2) is 14.0 Å². The van der Waals surface area contributed by atoms with Gasteiger partial charge in [-0.05, 0) is 68.5 Å². The van der Waals surface area contributed by atoms with Crippen LogP contribution in [0.15, 0.2) is 42.5 Å². The zero-order chi connectivity index (χ0) is 34.0. The Morgan fingerprint density at radius 1 is 0.891 bits per heavy atom. The second-order valence-corrected chi connectivity index (χ2v) is 11.6. The number of carbonyl (C=O) groups excluding carboxylic acids is 3. The molecule has 0 aromatic heterocycles. The van der Waals surface area contributed by atoms with E-state index in [9.17, 15) is 45.1 Å². The van der Waals surface area contributed by atoms with Crippen molar-refractivity contribution >= 4 is 23.7 Å². The van der Waals surface area contributed by atoms with Gasteiger partial charge in [0, 0.05) is 50.7 Å². The van der Waals surface area contributed by atoms with E-state index in [1.807, 2.05) is 0 Å². The van der Waals surface area contributed by atoms with Crippen LogP contribution in [-0.2, 0) is 21.9 Å². The van der Waals surface area contributed by atoms with Gasteiger partial charge in [0.05, 0.1) is 23.8 Å². The van der Waals surface area contributed by atoms with Crippen molar-refractivity contribution in [3.63, 3.8) is 0 Å². The molecule has 1 N–H and O–H groups in total. The number of urea groups is 1. The smallest absolute Gasteiger partial charge is 0.416 e. The van der Waals surface area contributed by atoms with Gasteiger partial charge in [0.25, 0.3) is 0 Å². The first kappa shape index (κ1) is 34.8. The van der Waals surface area contributed by atoms with Crippen LogP contribution in [0, 0.1) is 11.7 Å². The van der Waals surface area contributed by atoms with E-state index in [4.69, 9.17) is 4.74 Å². The summed E-state index contributed by atoms with van der Waals surface area (Å²) >= 11 is 0. The number of alkyl halides is 6. The number of nitrogens with zero attached hydrogens (tertiary/aromatic N) is 3. The number of hydrogen-bond acceptors (Lipinski definition) is 4. The summed E-state index contributed by atoms with van der Waals surface area (Å²) in [5, 5.41) is 2.77. The molecule has 2 aromatic rings. The van der Waals surface area contributed by atoms with Gasteiger partial charge < -0.3 is 19.9 Å². The van der Waals surface area contributed by atoms with Crippen LogP contribution in [0.1, 0.15) is 55.2 Å². The lowest BCUT2D eigenvalue weighted by atomic mass is 9.85. The average molecular weight is 661 g/mol. The zero-order valence-electron chi connectivity index (χ0n) is 25.4. The van der Waals surface area contributed by atoms with Crippen molar-refractivity contribution in [3.05, 3.63) is 65.0 Å². The zero-order valence-corrected chi connectivity index (χ0v) is 25.4. The maximum atomic E-state index is 13.8. The Kier molecular flexibility index (Phi) is 10.4. The minimum atomic E-state index is -5.10. The number of likely N-dealkylation sites (tertiary alicyclic amines) is 1. The van der Waals surface area contributed by atoms with Crippen molar-refractivity contribution in [1.82, 2.24) is 15.1 Å². The summed E-state index contributed by atoms with van der Waals surface area (Å²) in [5.74, 6) is -1.57. The monoisotopic (exact) mass is 660 g/mol. The van der Waals surface area contributed by atoms with Crippen LogP contribution in [0.25, 0.3) is 0 Å². The number of hydrogen-bond donors (Lipinski definition) is 1. The third kappa shape index (κ3) is 8.02. The highest BCUT2D eigenvalue weighted by Crippen LogP contribution is 2.39. The SMILES string of the molecule is CCOC(=O)NC1CCC(C(=O)N2C[C@@H](N(C)C(=O)N(C)c3cc(C(F)(F)F)cc(C(F)(F)F)c3)[C@H](c3ccc(F)cc3)C2)CC1. The van der Waals surface area contributed by atoms with Gasteiger partial charge in [-0.1, -0.05) is 12.1 Å². The van der Waals surface area contributed by atoms with Crippen LogP contribution in [0.4, 0.5) is 46.0 Å². The second kappa shape index (κ2) is 13.8. The minimum Gasteiger partial charge on any atom is -0.450 e. The molecule has 0 bridgehead atoms. The highest BCUT2D eigenvalue weighted by molar-refractivity contribution is 5.92. The molecule has 4 amide bonds. The average Bonchev–Trinajstić information content (AvgIpc) is 3.45. The van der Waals surface area contributed by atoms with E-state index in [0.29, 0.717) is 48.3 Å². The molecule has 0 unspecified atom stereocenters. The number of likely N-dealkylation sites (N-methyl/N-ethyl adjacent to an activating group) is 1. The van der Waals surface area contributed by atoms with Crippen LogP contribution in [0.2, 0.25) is 0 Å². The predicted octanol–water partition coefficient (Wildman–Crippen LogP) is 6.65. The number of anilines is 1. The molecule has 46 heavy (non-hydrogen) atoms. The van der Waals surface area contributed by atoms with Crippen LogP contribution in [0.5, 0.6) is 0 Å². The van der Waals surface area contributed by atoms with Gasteiger partial charge in [-0.2, -0.15) is 26.3 Å². The van der Waals surface area contributed by atoms with E-state index in [1.165, 1.54) is 36.2 Å². The second-order valence-electron chi connectivity index (χ2n) is 11.6. The Morgan fingerprint density at radius 2 is 1.46 bits per heavy atom. The van der Waals surface area contributed by atoms with Gasteiger partial charge in [-0.3, -0.25) is 9.69 Å². The highest BCUT2D eigenvalue weighted by Gasteiger charge is 2.43. The number of halogens is 7. The largest absolute Gasteiger partial charge is 0.450 e. The number of amides is 4. The summed E-state index contributed by atoms with van der Waals surface area (Å²) < 4.78 is 99.6. The normalized spacial score (nSPS) is 21.9. The molecule has 1 saturated carbocycles. The Labute approximate surface area is 261 Å². The quantitative estimate of drug-likeness (QED) is 0.352. The number of carbonyl (C=O) groups is 3. The third-order valence-corrected chi connectivity index (χ3v) is 8.62. The molecule has 1 aliphatic carbocycles. The van der Waals surface area contributed by atoms with E-state index in [1.54, 1.807) is 11.8 Å². The fourth-order valence-corrected chi connectivity index (χ4v) is 6.10. The maximum Gasteiger partial charge on any atom is 0.416 e. The van der Waals surface area contributed by atoms with Crippen molar-refractivity contribution in [2.24, 2.45) is 5.92 Å². The summed E-state index contributed by atoms with van der Waals surface area (Å²) in [5.41, 5.74) is -3.14. The van der Waals surface area contributed by atoms with Crippen LogP contribution < -0.4 is 10.2 Å². The highest BCUT2D eigenvalue weighted by atomic mass is 19.4. The molecule has 2 aromatic carbocycles. The Bertz CT molecular complexity index is 1380. The Morgan fingerprint density at radius 3 is 1.98 bits per heavy atom. The molecule has 4 rings (SSSR count). The maximum absolute atomic E-state index is 13.8. The van der Waals surface area contributed by atoms with Crippen LogP contribution in [0.3, 0.4) is 0 Å². The molecular weight excluding hydrogens is 625 g/mol. The molecule has 0 spiro atoms. The molecule has 2 fully saturated rings. The number of benzene rings is 2. The summed E-state index contributed by atoms with van der Waals surface area (Å²) in [7, 11) is 2.43. The van der Waals surface area contributed by atoms with E-state index in [-0.39, 0.29) is 43.6 Å². The lowest BCUT2D eigenvalue weighted by Gasteiger charge is -2.33. The first-order valence-corrected chi connectivity index (χ1v) is 14.8. The van der Waals surface area contributed by atoms with Crippen molar-refractivity contribution < 1.29 is 49.9 Å². The van der Waals surface area contributed by atoms with Crippen molar-refractivity contribution in [1.29, 1.82) is 0 Å². The van der Waals surface area contributed by atoms with E-state index >= 15 is 0 Å². The number of nitrogens with one attached hydrogen (secondary N) is 1. The topological polar surface area (TPSA) is 82.2 Å². The molecule has 252 valence electrons. The van der Waals surface area contributed by atoms with Gasteiger partial charge in [-0.15, -0.1) is 0 Å². The van der Waals surface area contributed by atoms with E-state index in [2.05, 4.69) is 5.32 Å². The fourth-order valence-electron chi connectivity index (χ4n) is 6.10. The molecule has 0 radical (unpaired) electrons. The number of rotatable bonds is 6. The van der Waals surface area contributed by atoms with Crippen LogP contribution in [-0.4, -0.2) is 73.7 Å². The van der Waals surface area contributed by atoms with Gasteiger partial charge >= 0.3 is 24.5 Å². The molecule has 8 nitrogen and oxygen atoms in total. The standard InChI is InChI=1S/C31H35F7N4O4/c1-4-46-28(44)39-23-11-7-19(8-12-23)27(43)42-16-25(18-5-9-22(32)10-6-18)26(17-42)41(3)29(45)40(2)24-14-20(30(33,34)35)13-21(15-24)31(36,37)38/h5-6,9-10,13-15,19,23,25-26H,4,7-8,11-12,16-17H2,1-3H3,(H,39,44)/t19?,23?,25-,26+/m0/s1. The van der Waals surface area contributed by atoms with Crippen molar-refractivity contribution in [2.75, 3.05) is 38.7 Å². The molecule has 2 atom stereocenters. The fraction of sp³-hybridized carbons (Fsp3) is 0.516. The van der Waals surface area contributed by atoms with Crippen LogP contribution >= 0.6 is 0 Å². The molecule has 15 heteroatoms. The van der Waals surface area contributed by atoms with Gasteiger partial charge in [0.2, 0.25) is 5.91 Å². The lowest BCUT2D eigenvalue weighted by molar-refractivity contribution is -0.143. The van der Waals surface area contributed by atoms with Gasteiger partial charge in [0.15, 0.2) is 0 Å². The van der Waals surface area contributed by atoms with Crippen molar-refractivity contribution in [2.45, 2.75) is 63.0 Å². The summed E-state index contributed by atoms with van der Waals surface area (Å²) in [6.45, 7) is 2.11. The Balaban J connectivity index is 1.55. The van der Waals surface area contributed by atoms with E-state index < -0.39 is 59.1 Å².